The summed E-state index contributed by atoms with van der Waals surface area (Å²) in [5.41, 5.74) is 0.256. The Bertz CT molecular complexity index is 816. The number of ether oxygens (including phenoxy) is 3. The van der Waals surface area contributed by atoms with E-state index in [2.05, 4.69) is 0 Å². The van der Waals surface area contributed by atoms with Crippen molar-refractivity contribution in [1.82, 2.24) is 0 Å². The summed E-state index contributed by atoms with van der Waals surface area (Å²) < 4.78 is 93.8. The maximum absolute atomic E-state index is 12.7. The zero-order valence-corrected chi connectivity index (χ0v) is 17.7. The van der Waals surface area contributed by atoms with E-state index in [-0.39, 0.29) is 11.8 Å². The van der Waals surface area contributed by atoms with Gasteiger partial charge in [0.05, 0.1) is 24.3 Å². The van der Waals surface area contributed by atoms with Crippen LogP contribution >= 0.6 is 0 Å². The van der Waals surface area contributed by atoms with Crippen LogP contribution in [0.1, 0.15) is 59.8 Å². The van der Waals surface area contributed by atoms with Crippen LogP contribution in [-0.2, 0) is 26.6 Å². The Morgan fingerprint density at radius 3 is 1.21 bits per heavy atom. The van der Waals surface area contributed by atoms with Crippen LogP contribution in [0.2, 0.25) is 0 Å². The summed E-state index contributed by atoms with van der Waals surface area (Å²) in [7, 11) is 0. The maximum Gasteiger partial charge on any atom is 0.416 e. The minimum Gasteiger partial charge on any atom is -0.352 e. The molecule has 2 aliphatic heterocycles. The Hall–Kier alpha value is -2.10. The molecule has 0 amide bonds. The molecule has 2 saturated heterocycles. The molecule has 0 aliphatic carbocycles. The van der Waals surface area contributed by atoms with Crippen LogP contribution < -0.4 is 0 Å². The molecule has 33 heavy (non-hydrogen) atoms. The summed E-state index contributed by atoms with van der Waals surface area (Å²) in [5.74, 6) is 0.00640. The first-order valence-corrected chi connectivity index (χ1v) is 10.8. The molecule has 4 unspecified atom stereocenters. The fraction of sp³-hybridized carbons (Fsp3) is 0.500. The summed E-state index contributed by atoms with van der Waals surface area (Å²) >= 11 is 0. The lowest BCUT2D eigenvalue weighted by Gasteiger charge is -2.35. The smallest absolute Gasteiger partial charge is 0.352 e. The largest absolute Gasteiger partial charge is 0.416 e. The Kier molecular flexibility index (Phi) is 7.02. The topological polar surface area (TPSA) is 27.7 Å². The molecule has 0 bridgehead atoms. The SMILES string of the molecule is FC(F)(F)c1ccc(C2CCC(OC3CCC(c4ccc(C(F)(F)F)cc4)CO3)OC2)cc1. The highest BCUT2D eigenvalue weighted by molar-refractivity contribution is 5.28. The summed E-state index contributed by atoms with van der Waals surface area (Å²) in [6, 6.07) is 10.3. The lowest BCUT2D eigenvalue weighted by Crippen LogP contribution is -2.35. The predicted octanol–water partition coefficient (Wildman–Crippen LogP) is 6.88. The average Bonchev–Trinajstić information content (AvgIpc) is 2.79. The zero-order valence-electron chi connectivity index (χ0n) is 17.7. The van der Waals surface area contributed by atoms with E-state index in [0.29, 0.717) is 26.1 Å². The average molecular weight is 474 g/mol. The van der Waals surface area contributed by atoms with Crippen LogP contribution in [0.3, 0.4) is 0 Å². The highest BCUT2D eigenvalue weighted by Gasteiger charge is 2.33. The second-order valence-corrected chi connectivity index (χ2v) is 8.45. The molecule has 0 saturated carbocycles. The highest BCUT2D eigenvalue weighted by Crippen LogP contribution is 2.36. The van der Waals surface area contributed by atoms with Gasteiger partial charge in [-0.2, -0.15) is 26.3 Å². The molecule has 9 heteroatoms. The van der Waals surface area contributed by atoms with Crippen molar-refractivity contribution in [1.29, 1.82) is 0 Å². The number of alkyl halides is 6. The minimum atomic E-state index is -4.36. The van der Waals surface area contributed by atoms with Crippen molar-refractivity contribution >= 4 is 0 Å². The summed E-state index contributed by atoms with van der Waals surface area (Å²) in [5, 5.41) is 0. The summed E-state index contributed by atoms with van der Waals surface area (Å²) in [6.07, 6.45) is -7.00. The van der Waals surface area contributed by atoms with Gasteiger partial charge in [-0.3, -0.25) is 0 Å². The first kappa shape index (κ1) is 24.0. The Morgan fingerprint density at radius 2 is 0.939 bits per heavy atom. The van der Waals surface area contributed by atoms with Crippen molar-refractivity contribution < 1.29 is 40.6 Å². The zero-order chi connectivity index (χ0) is 23.6. The molecule has 0 radical (unpaired) electrons. The van der Waals surface area contributed by atoms with E-state index < -0.39 is 36.1 Å². The van der Waals surface area contributed by atoms with Crippen molar-refractivity contribution in [3.8, 4) is 0 Å². The second-order valence-electron chi connectivity index (χ2n) is 8.45. The summed E-state index contributed by atoms with van der Waals surface area (Å²) in [4.78, 5) is 0. The minimum absolute atomic E-state index is 0.00320. The molecule has 3 nitrogen and oxygen atoms in total. The molecule has 180 valence electrons. The van der Waals surface area contributed by atoms with Crippen LogP contribution in [0.5, 0.6) is 0 Å². The quantitative estimate of drug-likeness (QED) is 0.452. The molecule has 4 atom stereocenters. The number of rotatable bonds is 4. The van der Waals surface area contributed by atoms with E-state index in [9.17, 15) is 26.3 Å². The molecule has 2 fully saturated rings. The molecule has 0 spiro atoms. The van der Waals surface area contributed by atoms with E-state index >= 15 is 0 Å². The van der Waals surface area contributed by atoms with Gasteiger partial charge in [-0.05, 0) is 61.1 Å². The third-order valence-electron chi connectivity index (χ3n) is 6.19. The van der Waals surface area contributed by atoms with Crippen molar-refractivity contribution in [3.05, 3.63) is 70.8 Å². The number of halogens is 6. The van der Waals surface area contributed by atoms with Crippen molar-refractivity contribution in [2.24, 2.45) is 0 Å². The third kappa shape index (κ3) is 6.07. The van der Waals surface area contributed by atoms with Gasteiger partial charge in [0.2, 0.25) is 0 Å². The van der Waals surface area contributed by atoms with Crippen LogP contribution in [0.25, 0.3) is 0 Å². The molecule has 2 aromatic rings. The van der Waals surface area contributed by atoms with Gasteiger partial charge in [0, 0.05) is 11.8 Å². The standard InChI is InChI=1S/C24H24F6O3/c25-23(26,27)19-7-1-15(2-8-19)17-5-11-21(31-13-17)33-22-12-6-18(14-32-22)16-3-9-20(10-4-16)24(28,29)30/h1-4,7-10,17-18,21-22H,5-6,11-14H2. The molecule has 2 heterocycles. The van der Waals surface area contributed by atoms with E-state index in [1.54, 1.807) is 0 Å². The van der Waals surface area contributed by atoms with Gasteiger partial charge < -0.3 is 14.2 Å². The molecular weight excluding hydrogens is 450 g/mol. The van der Waals surface area contributed by atoms with E-state index in [1.807, 2.05) is 0 Å². The van der Waals surface area contributed by atoms with E-state index in [4.69, 9.17) is 14.2 Å². The normalized spacial score (nSPS) is 26.8. The maximum atomic E-state index is 12.7. The molecule has 2 aromatic carbocycles. The monoisotopic (exact) mass is 474 g/mol. The molecule has 4 rings (SSSR count). The first-order chi connectivity index (χ1) is 15.6. The lowest BCUT2D eigenvalue weighted by atomic mass is 9.92. The third-order valence-corrected chi connectivity index (χ3v) is 6.19. The van der Waals surface area contributed by atoms with Crippen LogP contribution in [0.4, 0.5) is 26.3 Å². The fourth-order valence-corrected chi connectivity index (χ4v) is 4.25. The van der Waals surface area contributed by atoms with Gasteiger partial charge in [0.15, 0.2) is 12.6 Å². The summed E-state index contributed by atoms with van der Waals surface area (Å²) in [6.45, 7) is 0.688. The van der Waals surface area contributed by atoms with Crippen LogP contribution in [0, 0.1) is 0 Å². The van der Waals surface area contributed by atoms with E-state index in [1.165, 1.54) is 24.3 Å². The molecular formula is C24H24F6O3. The van der Waals surface area contributed by atoms with Crippen molar-refractivity contribution in [2.75, 3.05) is 13.2 Å². The number of benzene rings is 2. The lowest BCUT2D eigenvalue weighted by molar-refractivity contribution is -0.268. The molecule has 0 aromatic heterocycles. The van der Waals surface area contributed by atoms with Crippen LogP contribution in [-0.4, -0.2) is 25.8 Å². The van der Waals surface area contributed by atoms with Gasteiger partial charge >= 0.3 is 12.4 Å². The highest BCUT2D eigenvalue weighted by atomic mass is 19.4. The number of hydrogen-bond acceptors (Lipinski definition) is 3. The molecule has 2 aliphatic rings. The Labute approximate surface area is 187 Å². The number of hydrogen-bond donors (Lipinski definition) is 0. The van der Waals surface area contributed by atoms with Crippen LogP contribution in [0.15, 0.2) is 48.5 Å². The van der Waals surface area contributed by atoms with Gasteiger partial charge in [-0.15, -0.1) is 0 Å². The fourth-order valence-electron chi connectivity index (χ4n) is 4.25. The predicted molar refractivity (Wildman–Crippen MR) is 107 cm³/mol. The van der Waals surface area contributed by atoms with Gasteiger partial charge in [0.1, 0.15) is 0 Å². The van der Waals surface area contributed by atoms with Gasteiger partial charge in [-0.1, -0.05) is 24.3 Å². The molecule has 0 N–H and O–H groups in total. The first-order valence-electron chi connectivity index (χ1n) is 10.8. The van der Waals surface area contributed by atoms with Crippen molar-refractivity contribution in [2.45, 2.75) is 62.5 Å². The van der Waals surface area contributed by atoms with Gasteiger partial charge in [0.25, 0.3) is 0 Å². The van der Waals surface area contributed by atoms with Crippen molar-refractivity contribution in [3.63, 3.8) is 0 Å². The Balaban J connectivity index is 1.22. The van der Waals surface area contributed by atoms with E-state index in [0.717, 1.165) is 48.2 Å². The second kappa shape index (κ2) is 9.64. The Morgan fingerprint density at radius 1 is 0.576 bits per heavy atom. The van der Waals surface area contributed by atoms with Gasteiger partial charge in [-0.25, -0.2) is 0 Å².